The molecule has 4 N–H and O–H groups in total. The zero-order valence-electron chi connectivity index (χ0n) is 10.1. The summed E-state index contributed by atoms with van der Waals surface area (Å²) in [7, 11) is 0. The average Bonchev–Trinajstić information content (AvgIpc) is 2.32. The number of aliphatic hydroxyl groups excluding tert-OH is 2. The van der Waals surface area contributed by atoms with E-state index in [0.29, 0.717) is 12.3 Å². The Labute approximate surface area is 106 Å². The van der Waals surface area contributed by atoms with Crippen molar-refractivity contribution in [3.63, 3.8) is 0 Å². The molecular formula is C10H20N2O4S. The summed E-state index contributed by atoms with van der Waals surface area (Å²) >= 11 is 3.92. The van der Waals surface area contributed by atoms with Crippen molar-refractivity contribution in [2.24, 2.45) is 5.41 Å². The fraction of sp³-hybridized carbons (Fsp3) is 0.800. The third-order valence-electron chi connectivity index (χ3n) is 2.25. The number of hydrogen-bond donors (Lipinski definition) is 5. The number of carbonyl (C=O) groups is 2. The van der Waals surface area contributed by atoms with Crippen molar-refractivity contribution in [2.75, 3.05) is 25.4 Å². The first kappa shape index (κ1) is 16.2. The van der Waals surface area contributed by atoms with Gasteiger partial charge in [0.1, 0.15) is 6.10 Å². The zero-order chi connectivity index (χ0) is 13.5. The van der Waals surface area contributed by atoms with E-state index >= 15 is 0 Å². The van der Waals surface area contributed by atoms with Crippen LogP contribution in [-0.4, -0.2) is 53.6 Å². The summed E-state index contributed by atoms with van der Waals surface area (Å²) in [6, 6.07) is 0. The highest BCUT2D eigenvalue weighted by molar-refractivity contribution is 7.80. The predicted octanol–water partition coefficient (Wildman–Crippen LogP) is -1.47. The number of carbonyl (C=O) groups excluding carboxylic acids is 2. The maximum Gasteiger partial charge on any atom is 0.249 e. The number of rotatable bonds is 7. The number of thiol groups is 1. The fourth-order valence-electron chi connectivity index (χ4n) is 0.963. The molecule has 0 saturated heterocycles. The van der Waals surface area contributed by atoms with Crippen LogP contribution >= 0.6 is 12.6 Å². The molecule has 0 aliphatic carbocycles. The molecule has 0 bridgehead atoms. The molecule has 0 aromatic heterocycles. The summed E-state index contributed by atoms with van der Waals surface area (Å²) in [4.78, 5) is 22.6. The highest BCUT2D eigenvalue weighted by atomic mass is 32.1. The SMILES string of the molecule is CC(C)(CO)[C@@H](O)C(=O)NCC(=O)NCCS. The van der Waals surface area contributed by atoms with E-state index in [1.807, 2.05) is 0 Å². The van der Waals surface area contributed by atoms with Crippen LogP contribution in [0, 0.1) is 5.41 Å². The second kappa shape index (κ2) is 7.52. The molecule has 0 aromatic rings. The van der Waals surface area contributed by atoms with Crippen LogP contribution in [0.2, 0.25) is 0 Å². The summed E-state index contributed by atoms with van der Waals surface area (Å²) in [5, 5.41) is 23.4. The van der Waals surface area contributed by atoms with Crippen LogP contribution in [0.4, 0.5) is 0 Å². The topological polar surface area (TPSA) is 98.7 Å². The zero-order valence-corrected chi connectivity index (χ0v) is 11.0. The molecule has 2 amide bonds. The molecule has 0 aliphatic rings. The minimum Gasteiger partial charge on any atom is -0.396 e. The Hall–Kier alpha value is -0.790. The molecule has 17 heavy (non-hydrogen) atoms. The molecule has 0 unspecified atom stereocenters. The van der Waals surface area contributed by atoms with Gasteiger partial charge >= 0.3 is 0 Å². The molecule has 100 valence electrons. The van der Waals surface area contributed by atoms with E-state index in [-0.39, 0.29) is 19.1 Å². The molecule has 6 nitrogen and oxygen atoms in total. The van der Waals surface area contributed by atoms with Gasteiger partial charge in [-0.15, -0.1) is 0 Å². The van der Waals surface area contributed by atoms with Crippen LogP contribution in [0.1, 0.15) is 13.8 Å². The van der Waals surface area contributed by atoms with E-state index in [1.165, 1.54) is 0 Å². The summed E-state index contributed by atoms with van der Waals surface area (Å²) in [6.07, 6.45) is -1.36. The van der Waals surface area contributed by atoms with E-state index < -0.39 is 17.4 Å². The Kier molecular flexibility index (Phi) is 7.17. The van der Waals surface area contributed by atoms with Gasteiger partial charge in [0, 0.05) is 17.7 Å². The Bertz CT molecular complexity index is 271. The third kappa shape index (κ3) is 5.90. The number of amides is 2. The average molecular weight is 264 g/mol. The number of aliphatic hydroxyl groups is 2. The summed E-state index contributed by atoms with van der Waals surface area (Å²) in [6.45, 7) is 3.00. The lowest BCUT2D eigenvalue weighted by atomic mass is 9.87. The van der Waals surface area contributed by atoms with Gasteiger partial charge in [0.25, 0.3) is 0 Å². The Morgan fingerprint density at radius 1 is 1.35 bits per heavy atom. The van der Waals surface area contributed by atoms with Crippen LogP contribution in [0.25, 0.3) is 0 Å². The summed E-state index contributed by atoms with van der Waals surface area (Å²) < 4.78 is 0. The minimum absolute atomic E-state index is 0.203. The number of nitrogens with one attached hydrogen (secondary N) is 2. The first-order valence-electron chi connectivity index (χ1n) is 5.29. The normalized spacial score (nSPS) is 13.0. The second-order valence-electron chi connectivity index (χ2n) is 4.34. The van der Waals surface area contributed by atoms with Gasteiger partial charge in [-0.2, -0.15) is 12.6 Å². The summed E-state index contributed by atoms with van der Waals surface area (Å²) in [5.74, 6) is -0.508. The van der Waals surface area contributed by atoms with Crippen molar-refractivity contribution in [3.8, 4) is 0 Å². The van der Waals surface area contributed by atoms with E-state index in [4.69, 9.17) is 5.11 Å². The Balaban J connectivity index is 4.06. The maximum atomic E-state index is 11.5. The quantitative estimate of drug-likeness (QED) is 0.362. The first-order valence-corrected chi connectivity index (χ1v) is 5.92. The molecule has 0 rings (SSSR count). The molecule has 1 atom stereocenters. The molecule has 7 heteroatoms. The lowest BCUT2D eigenvalue weighted by Gasteiger charge is -2.26. The van der Waals surface area contributed by atoms with Crippen LogP contribution in [0.15, 0.2) is 0 Å². The van der Waals surface area contributed by atoms with Gasteiger partial charge < -0.3 is 20.8 Å². The summed E-state index contributed by atoms with van der Waals surface area (Å²) in [5.41, 5.74) is -0.939. The van der Waals surface area contributed by atoms with Gasteiger partial charge in [-0.3, -0.25) is 9.59 Å². The van der Waals surface area contributed by atoms with Crippen molar-refractivity contribution >= 4 is 24.4 Å². The maximum absolute atomic E-state index is 11.5. The molecule has 0 aliphatic heterocycles. The van der Waals surface area contributed by atoms with E-state index in [2.05, 4.69) is 23.3 Å². The van der Waals surface area contributed by atoms with Crippen LogP contribution in [-0.2, 0) is 9.59 Å². The minimum atomic E-state index is -1.36. The smallest absolute Gasteiger partial charge is 0.249 e. The van der Waals surface area contributed by atoms with Crippen molar-refractivity contribution in [2.45, 2.75) is 20.0 Å². The molecule has 0 saturated carbocycles. The standard InChI is InChI=1S/C10H20N2O4S/c1-10(2,6-13)8(15)9(16)12-5-7(14)11-3-4-17/h8,13,15,17H,3-6H2,1-2H3,(H,11,14)(H,12,16)/t8-/m0/s1. The highest BCUT2D eigenvalue weighted by Gasteiger charge is 2.32. The second-order valence-corrected chi connectivity index (χ2v) is 4.79. The van der Waals surface area contributed by atoms with E-state index in [9.17, 15) is 14.7 Å². The van der Waals surface area contributed by atoms with Gasteiger partial charge in [0.15, 0.2) is 0 Å². The van der Waals surface area contributed by atoms with Gasteiger partial charge in [0.2, 0.25) is 11.8 Å². The van der Waals surface area contributed by atoms with Crippen molar-refractivity contribution < 1.29 is 19.8 Å². The highest BCUT2D eigenvalue weighted by Crippen LogP contribution is 2.19. The first-order chi connectivity index (χ1) is 7.85. The lowest BCUT2D eigenvalue weighted by Crippen LogP contribution is -2.48. The molecule has 0 radical (unpaired) electrons. The predicted molar refractivity (Wildman–Crippen MR) is 66.7 cm³/mol. The number of hydrogen-bond acceptors (Lipinski definition) is 5. The van der Waals surface area contributed by atoms with Crippen molar-refractivity contribution in [1.82, 2.24) is 10.6 Å². The molecule has 0 aromatic carbocycles. The lowest BCUT2D eigenvalue weighted by molar-refractivity contribution is -0.138. The van der Waals surface area contributed by atoms with Gasteiger partial charge in [0.05, 0.1) is 13.2 Å². The fourth-order valence-corrected chi connectivity index (χ4v) is 1.08. The largest absolute Gasteiger partial charge is 0.396 e. The Morgan fingerprint density at radius 2 is 1.94 bits per heavy atom. The van der Waals surface area contributed by atoms with Crippen LogP contribution < -0.4 is 10.6 Å². The van der Waals surface area contributed by atoms with Crippen LogP contribution in [0.3, 0.4) is 0 Å². The van der Waals surface area contributed by atoms with Crippen molar-refractivity contribution in [3.05, 3.63) is 0 Å². The van der Waals surface area contributed by atoms with Crippen molar-refractivity contribution in [1.29, 1.82) is 0 Å². The van der Waals surface area contributed by atoms with Gasteiger partial charge in [-0.25, -0.2) is 0 Å². The Morgan fingerprint density at radius 3 is 2.41 bits per heavy atom. The van der Waals surface area contributed by atoms with Gasteiger partial charge in [-0.1, -0.05) is 13.8 Å². The van der Waals surface area contributed by atoms with E-state index in [1.54, 1.807) is 13.8 Å². The van der Waals surface area contributed by atoms with Gasteiger partial charge in [-0.05, 0) is 0 Å². The van der Waals surface area contributed by atoms with Crippen LogP contribution in [0.5, 0.6) is 0 Å². The molecule has 0 heterocycles. The molecular weight excluding hydrogens is 244 g/mol. The monoisotopic (exact) mass is 264 g/mol. The molecule has 0 spiro atoms. The van der Waals surface area contributed by atoms with E-state index in [0.717, 1.165) is 0 Å². The molecule has 0 fully saturated rings. The third-order valence-corrected chi connectivity index (χ3v) is 2.48.